The van der Waals surface area contributed by atoms with E-state index in [0.717, 1.165) is 10.2 Å². The number of benzene rings is 2. The van der Waals surface area contributed by atoms with E-state index in [-0.39, 0.29) is 5.82 Å². The fourth-order valence-corrected chi connectivity index (χ4v) is 2.48. The molecular formula is C14H10FN3S. The molecular weight excluding hydrogens is 261 g/mol. The zero-order valence-electron chi connectivity index (χ0n) is 9.88. The van der Waals surface area contributed by atoms with E-state index < -0.39 is 0 Å². The number of anilines is 1. The van der Waals surface area contributed by atoms with Gasteiger partial charge in [-0.25, -0.2) is 9.37 Å². The number of nitrogens with zero attached hydrogens (tertiary/aromatic N) is 2. The van der Waals surface area contributed by atoms with E-state index in [4.69, 9.17) is 0 Å². The van der Waals surface area contributed by atoms with Gasteiger partial charge in [-0.05, 0) is 29.8 Å². The Hall–Kier alpha value is -2.27. The Morgan fingerprint density at radius 2 is 2.05 bits per heavy atom. The van der Waals surface area contributed by atoms with E-state index in [9.17, 15) is 4.39 Å². The number of hydrazone groups is 1. The maximum atomic E-state index is 13.0. The number of thiazole rings is 1. The van der Waals surface area contributed by atoms with Gasteiger partial charge in [-0.1, -0.05) is 35.6 Å². The zero-order valence-corrected chi connectivity index (χ0v) is 10.7. The number of aromatic nitrogens is 1. The second-order valence-corrected chi connectivity index (χ2v) is 4.94. The van der Waals surface area contributed by atoms with Crippen LogP contribution in [0.3, 0.4) is 0 Å². The molecule has 0 unspecified atom stereocenters. The highest BCUT2D eigenvalue weighted by Gasteiger charge is 2.00. The van der Waals surface area contributed by atoms with Gasteiger partial charge in [0.1, 0.15) is 5.82 Å². The summed E-state index contributed by atoms with van der Waals surface area (Å²) in [6.45, 7) is 0. The molecule has 0 aliphatic heterocycles. The first-order chi connectivity index (χ1) is 9.31. The molecule has 5 heteroatoms. The molecule has 1 N–H and O–H groups in total. The van der Waals surface area contributed by atoms with Crippen molar-refractivity contribution >= 4 is 32.9 Å². The van der Waals surface area contributed by atoms with E-state index in [1.54, 1.807) is 18.3 Å². The van der Waals surface area contributed by atoms with Gasteiger partial charge in [-0.2, -0.15) is 5.10 Å². The lowest BCUT2D eigenvalue weighted by molar-refractivity contribution is 0.627. The predicted molar refractivity (Wildman–Crippen MR) is 77.2 cm³/mol. The number of rotatable bonds is 3. The molecule has 0 aliphatic carbocycles. The van der Waals surface area contributed by atoms with Crippen LogP contribution < -0.4 is 5.43 Å². The highest BCUT2D eigenvalue weighted by molar-refractivity contribution is 7.22. The monoisotopic (exact) mass is 271 g/mol. The molecule has 0 fully saturated rings. The smallest absolute Gasteiger partial charge is 0.204 e. The molecule has 1 aromatic heterocycles. The number of fused-ring (bicyclic) bond motifs is 1. The minimum atomic E-state index is -0.274. The largest absolute Gasteiger partial charge is 0.253 e. The second kappa shape index (κ2) is 5.16. The minimum Gasteiger partial charge on any atom is -0.253 e. The van der Waals surface area contributed by atoms with Crippen LogP contribution in [0.1, 0.15) is 5.56 Å². The Kier molecular flexibility index (Phi) is 3.20. The van der Waals surface area contributed by atoms with Crippen LogP contribution in [0.15, 0.2) is 53.6 Å². The van der Waals surface area contributed by atoms with Crippen molar-refractivity contribution in [3.8, 4) is 0 Å². The third kappa shape index (κ3) is 2.77. The van der Waals surface area contributed by atoms with Gasteiger partial charge in [0.2, 0.25) is 5.13 Å². The molecule has 3 rings (SSSR count). The van der Waals surface area contributed by atoms with Gasteiger partial charge in [0.15, 0.2) is 0 Å². The molecule has 3 aromatic rings. The van der Waals surface area contributed by atoms with Crippen molar-refractivity contribution < 1.29 is 4.39 Å². The highest BCUT2D eigenvalue weighted by Crippen LogP contribution is 2.25. The SMILES string of the molecule is Fc1cccc(C=NNc2nc3ccccc3s2)c1. The van der Waals surface area contributed by atoms with Gasteiger partial charge in [-0.3, -0.25) is 5.43 Å². The van der Waals surface area contributed by atoms with E-state index >= 15 is 0 Å². The predicted octanol–water partition coefficient (Wildman–Crippen LogP) is 3.88. The van der Waals surface area contributed by atoms with Gasteiger partial charge in [-0.15, -0.1) is 0 Å². The summed E-state index contributed by atoms with van der Waals surface area (Å²) in [5.41, 5.74) is 4.50. The first-order valence-electron chi connectivity index (χ1n) is 5.71. The number of nitrogens with one attached hydrogen (secondary N) is 1. The molecule has 2 aromatic carbocycles. The van der Waals surface area contributed by atoms with Gasteiger partial charge in [0.25, 0.3) is 0 Å². The van der Waals surface area contributed by atoms with Gasteiger partial charge in [0.05, 0.1) is 16.4 Å². The quantitative estimate of drug-likeness (QED) is 0.580. The lowest BCUT2D eigenvalue weighted by atomic mass is 10.2. The molecule has 1 heterocycles. The topological polar surface area (TPSA) is 37.3 Å². The fourth-order valence-electron chi connectivity index (χ4n) is 1.67. The van der Waals surface area contributed by atoms with Crippen LogP contribution in [-0.4, -0.2) is 11.2 Å². The normalized spacial score (nSPS) is 11.2. The van der Waals surface area contributed by atoms with Crippen molar-refractivity contribution in [3.05, 3.63) is 59.9 Å². The summed E-state index contributed by atoms with van der Waals surface area (Å²) in [6, 6.07) is 14.1. The average molecular weight is 271 g/mol. The summed E-state index contributed by atoms with van der Waals surface area (Å²) < 4.78 is 14.1. The van der Waals surface area contributed by atoms with E-state index in [2.05, 4.69) is 15.5 Å². The molecule has 0 saturated heterocycles. The highest BCUT2D eigenvalue weighted by atomic mass is 32.1. The summed E-state index contributed by atoms with van der Waals surface area (Å²) in [5, 5.41) is 4.77. The Morgan fingerprint density at radius 1 is 1.16 bits per heavy atom. The van der Waals surface area contributed by atoms with Crippen LogP contribution in [0.25, 0.3) is 10.2 Å². The summed E-state index contributed by atoms with van der Waals surface area (Å²) in [4.78, 5) is 4.38. The first kappa shape index (κ1) is 11.8. The molecule has 0 amide bonds. The van der Waals surface area contributed by atoms with Crippen molar-refractivity contribution in [1.82, 2.24) is 4.98 Å². The molecule has 3 nitrogen and oxygen atoms in total. The molecule has 0 bridgehead atoms. The minimum absolute atomic E-state index is 0.274. The van der Waals surface area contributed by atoms with Crippen LogP contribution in [0, 0.1) is 5.82 Å². The van der Waals surface area contributed by atoms with Gasteiger partial charge in [0, 0.05) is 0 Å². The maximum Gasteiger partial charge on any atom is 0.204 e. The first-order valence-corrected chi connectivity index (χ1v) is 6.53. The Bertz CT molecular complexity index is 703. The summed E-state index contributed by atoms with van der Waals surface area (Å²) in [5.74, 6) is -0.274. The van der Waals surface area contributed by atoms with Crippen LogP contribution in [0.2, 0.25) is 0 Å². The fraction of sp³-hybridized carbons (Fsp3) is 0. The van der Waals surface area contributed by atoms with Crippen LogP contribution in [0.5, 0.6) is 0 Å². The van der Waals surface area contributed by atoms with Crippen molar-refractivity contribution in [2.45, 2.75) is 0 Å². The van der Waals surface area contributed by atoms with E-state index in [1.807, 2.05) is 24.3 Å². The third-order valence-electron chi connectivity index (χ3n) is 2.52. The standard InChI is InChI=1S/C14H10FN3S/c15-11-5-3-4-10(8-11)9-16-18-14-17-12-6-1-2-7-13(12)19-14/h1-9H,(H,17,18). The molecule has 94 valence electrons. The lowest BCUT2D eigenvalue weighted by Crippen LogP contribution is -1.90. The van der Waals surface area contributed by atoms with Crippen molar-refractivity contribution in [2.75, 3.05) is 5.43 Å². The molecule has 0 aliphatic rings. The molecule has 0 radical (unpaired) electrons. The van der Waals surface area contributed by atoms with Gasteiger partial charge >= 0.3 is 0 Å². The third-order valence-corrected chi connectivity index (χ3v) is 3.46. The number of para-hydroxylation sites is 1. The molecule has 19 heavy (non-hydrogen) atoms. The van der Waals surface area contributed by atoms with Gasteiger partial charge < -0.3 is 0 Å². The molecule has 0 atom stereocenters. The van der Waals surface area contributed by atoms with Crippen LogP contribution >= 0.6 is 11.3 Å². The van der Waals surface area contributed by atoms with Crippen molar-refractivity contribution in [2.24, 2.45) is 5.10 Å². The Balaban J connectivity index is 1.75. The van der Waals surface area contributed by atoms with E-state index in [1.165, 1.54) is 23.5 Å². The van der Waals surface area contributed by atoms with Crippen molar-refractivity contribution in [1.29, 1.82) is 0 Å². The summed E-state index contributed by atoms with van der Waals surface area (Å²) in [6.07, 6.45) is 1.56. The van der Waals surface area contributed by atoms with E-state index in [0.29, 0.717) is 10.7 Å². The molecule has 0 spiro atoms. The number of hydrogen-bond acceptors (Lipinski definition) is 4. The van der Waals surface area contributed by atoms with Crippen LogP contribution in [0.4, 0.5) is 9.52 Å². The Labute approximate surface area is 113 Å². The van der Waals surface area contributed by atoms with Crippen LogP contribution in [-0.2, 0) is 0 Å². The number of hydrogen-bond donors (Lipinski definition) is 1. The molecule has 0 saturated carbocycles. The summed E-state index contributed by atoms with van der Waals surface area (Å²) >= 11 is 1.53. The second-order valence-electron chi connectivity index (χ2n) is 3.91. The number of halogens is 1. The average Bonchev–Trinajstić information content (AvgIpc) is 2.81. The zero-order chi connectivity index (χ0) is 13.1. The lowest BCUT2D eigenvalue weighted by Gasteiger charge is -1.94. The maximum absolute atomic E-state index is 13.0. The Morgan fingerprint density at radius 3 is 2.89 bits per heavy atom. The summed E-state index contributed by atoms with van der Waals surface area (Å²) in [7, 11) is 0. The van der Waals surface area contributed by atoms with Crippen molar-refractivity contribution in [3.63, 3.8) is 0 Å².